The van der Waals surface area contributed by atoms with Gasteiger partial charge in [-0.3, -0.25) is 0 Å². The third-order valence-corrected chi connectivity index (χ3v) is 4.29. The molecule has 1 aromatic carbocycles. The quantitative estimate of drug-likeness (QED) is 0.705. The molecule has 5 heteroatoms. The maximum absolute atomic E-state index is 13.7. The number of hydrogen-bond donors (Lipinski definition) is 0. The van der Waals surface area contributed by atoms with E-state index in [0.717, 1.165) is 11.3 Å². The third-order valence-electron chi connectivity index (χ3n) is 3.03. The van der Waals surface area contributed by atoms with E-state index >= 15 is 0 Å². The van der Waals surface area contributed by atoms with Gasteiger partial charge in [0.1, 0.15) is 5.82 Å². The van der Waals surface area contributed by atoms with Crippen molar-refractivity contribution in [3.05, 3.63) is 51.8 Å². The lowest BCUT2D eigenvalue weighted by atomic mass is 9.91. The van der Waals surface area contributed by atoms with E-state index in [-0.39, 0.29) is 17.1 Å². The van der Waals surface area contributed by atoms with E-state index in [1.807, 2.05) is 25.1 Å². The Morgan fingerprint density at radius 2 is 1.84 bits per heavy atom. The first-order valence-corrected chi connectivity index (χ1v) is 6.94. The van der Waals surface area contributed by atoms with Crippen molar-refractivity contribution < 1.29 is 4.39 Å². The molecule has 0 aliphatic heterocycles. The molecule has 1 nitrogen and oxygen atoms in total. The molecular weight excluding hydrogens is 308 g/mol. The maximum Gasteiger partial charge on any atom is 0.125 e. The molecule has 0 spiro atoms. The Morgan fingerprint density at radius 1 is 1.16 bits per heavy atom. The van der Waals surface area contributed by atoms with Gasteiger partial charge in [0.15, 0.2) is 0 Å². The van der Waals surface area contributed by atoms with Crippen molar-refractivity contribution in [2.24, 2.45) is 0 Å². The molecule has 0 saturated heterocycles. The highest BCUT2D eigenvalue weighted by Gasteiger charge is 2.28. The monoisotopic (exact) mass is 319 g/mol. The summed E-state index contributed by atoms with van der Waals surface area (Å²) in [5.74, 6) is -0.643. The topological polar surface area (TPSA) is 3.24 Å². The van der Waals surface area contributed by atoms with Crippen molar-refractivity contribution in [1.29, 1.82) is 0 Å². The second-order valence-electron chi connectivity index (χ2n) is 4.61. The van der Waals surface area contributed by atoms with Crippen molar-refractivity contribution in [2.75, 3.05) is 19.0 Å². The molecule has 0 amide bonds. The number of alkyl halides is 1. The van der Waals surface area contributed by atoms with Gasteiger partial charge in [-0.25, -0.2) is 4.39 Å². The molecule has 1 aliphatic carbocycles. The first-order chi connectivity index (χ1) is 8.90. The molecule has 0 radical (unpaired) electrons. The molecule has 2 unspecified atom stereocenters. The minimum Gasteiger partial charge on any atom is -0.378 e. The minimum atomic E-state index is -0.341. The SMILES string of the molecule is CN(C)c1cc(F)cc(C2C(Cl)=C(Cl)C=CC2Cl)c1. The van der Waals surface area contributed by atoms with Crippen LogP contribution in [0, 0.1) is 5.82 Å². The van der Waals surface area contributed by atoms with Crippen LogP contribution >= 0.6 is 34.8 Å². The van der Waals surface area contributed by atoms with Crippen LogP contribution in [0.2, 0.25) is 0 Å². The van der Waals surface area contributed by atoms with Crippen molar-refractivity contribution in [2.45, 2.75) is 11.3 Å². The van der Waals surface area contributed by atoms with E-state index in [1.165, 1.54) is 12.1 Å². The Bertz CT molecular complexity index is 552. The summed E-state index contributed by atoms with van der Waals surface area (Å²) in [5.41, 5.74) is 1.48. The van der Waals surface area contributed by atoms with Gasteiger partial charge in [0, 0.05) is 30.7 Å². The summed E-state index contributed by atoms with van der Waals surface area (Å²) < 4.78 is 13.7. The van der Waals surface area contributed by atoms with Crippen LogP contribution in [0.3, 0.4) is 0 Å². The van der Waals surface area contributed by atoms with Crippen LogP contribution in [0.25, 0.3) is 0 Å². The highest BCUT2D eigenvalue weighted by molar-refractivity contribution is 6.41. The van der Waals surface area contributed by atoms with Gasteiger partial charge in [0.05, 0.1) is 10.4 Å². The van der Waals surface area contributed by atoms with Crippen LogP contribution in [0.5, 0.6) is 0 Å². The lowest BCUT2D eigenvalue weighted by Crippen LogP contribution is -2.16. The van der Waals surface area contributed by atoms with Gasteiger partial charge in [-0.05, 0) is 29.8 Å². The fraction of sp³-hybridized carbons (Fsp3) is 0.286. The predicted octanol–water partition coefficient (Wildman–Crippen LogP) is 4.84. The smallest absolute Gasteiger partial charge is 0.125 e. The Morgan fingerprint density at radius 3 is 2.47 bits per heavy atom. The summed E-state index contributed by atoms with van der Waals surface area (Å²) in [6.07, 6.45) is 3.44. The summed E-state index contributed by atoms with van der Waals surface area (Å²) in [6.45, 7) is 0. The van der Waals surface area contributed by atoms with Crippen LogP contribution < -0.4 is 4.90 Å². The Balaban J connectivity index is 2.49. The normalized spacial score (nSPS) is 22.8. The van der Waals surface area contributed by atoms with Gasteiger partial charge in [0.25, 0.3) is 0 Å². The van der Waals surface area contributed by atoms with Gasteiger partial charge in [-0.2, -0.15) is 0 Å². The molecule has 0 heterocycles. The number of nitrogens with zero attached hydrogens (tertiary/aromatic N) is 1. The van der Waals surface area contributed by atoms with Gasteiger partial charge in [-0.1, -0.05) is 29.3 Å². The third kappa shape index (κ3) is 3.07. The fourth-order valence-electron chi connectivity index (χ4n) is 2.02. The first kappa shape index (κ1) is 14.7. The van der Waals surface area contributed by atoms with Gasteiger partial charge >= 0.3 is 0 Å². The Kier molecular flexibility index (Phi) is 4.44. The van der Waals surface area contributed by atoms with Gasteiger partial charge in [-0.15, -0.1) is 11.6 Å². The predicted molar refractivity (Wildman–Crippen MR) is 81.0 cm³/mol. The van der Waals surface area contributed by atoms with Crippen molar-refractivity contribution >= 4 is 40.5 Å². The number of allylic oxidation sites excluding steroid dienone is 4. The molecule has 0 N–H and O–H groups in total. The summed E-state index contributed by atoms with van der Waals surface area (Å²) >= 11 is 18.5. The zero-order valence-electron chi connectivity index (χ0n) is 10.5. The number of rotatable bonds is 2. The molecule has 19 heavy (non-hydrogen) atoms. The van der Waals surface area contributed by atoms with E-state index in [4.69, 9.17) is 34.8 Å². The molecule has 102 valence electrons. The van der Waals surface area contributed by atoms with Crippen LogP contribution in [-0.4, -0.2) is 19.5 Å². The molecule has 1 aromatic rings. The summed E-state index contributed by atoms with van der Waals surface area (Å²) in [7, 11) is 3.70. The average Bonchev–Trinajstić information content (AvgIpc) is 2.34. The highest BCUT2D eigenvalue weighted by Crippen LogP contribution is 2.41. The Hall–Kier alpha value is -0.700. The lowest BCUT2D eigenvalue weighted by molar-refractivity contribution is 0.623. The van der Waals surface area contributed by atoms with E-state index in [2.05, 4.69) is 0 Å². The van der Waals surface area contributed by atoms with Crippen molar-refractivity contribution in [3.8, 4) is 0 Å². The van der Waals surface area contributed by atoms with E-state index < -0.39 is 0 Å². The number of benzene rings is 1. The second-order valence-corrected chi connectivity index (χ2v) is 5.93. The van der Waals surface area contributed by atoms with Crippen LogP contribution in [-0.2, 0) is 0 Å². The van der Waals surface area contributed by atoms with Gasteiger partial charge < -0.3 is 4.90 Å². The number of hydrogen-bond acceptors (Lipinski definition) is 1. The molecule has 2 rings (SSSR count). The fourth-order valence-corrected chi connectivity index (χ4v) is 2.94. The standard InChI is InChI=1S/C14H13Cl3FN/c1-19(2)10-6-8(5-9(18)7-10)13-11(15)3-4-12(16)14(13)17/h3-7,11,13H,1-2H3. The minimum absolute atomic E-state index is 0.319. The number of anilines is 1. The van der Waals surface area contributed by atoms with Crippen LogP contribution in [0.15, 0.2) is 40.4 Å². The highest BCUT2D eigenvalue weighted by atomic mass is 35.5. The second kappa shape index (κ2) is 5.74. The maximum atomic E-state index is 13.7. The van der Waals surface area contributed by atoms with Crippen LogP contribution in [0.1, 0.15) is 11.5 Å². The molecule has 1 aliphatic rings. The molecule has 0 bridgehead atoms. The summed E-state index contributed by atoms with van der Waals surface area (Å²) in [5, 5.41) is 0.547. The molecular formula is C14H13Cl3FN. The molecule has 0 saturated carbocycles. The number of halogens is 4. The van der Waals surface area contributed by atoms with Crippen molar-refractivity contribution in [3.63, 3.8) is 0 Å². The van der Waals surface area contributed by atoms with E-state index in [0.29, 0.717) is 10.1 Å². The Labute approximate surface area is 127 Å². The van der Waals surface area contributed by atoms with E-state index in [9.17, 15) is 4.39 Å². The molecule has 2 atom stereocenters. The summed E-state index contributed by atoms with van der Waals surface area (Å²) in [6, 6.07) is 4.78. The van der Waals surface area contributed by atoms with Crippen LogP contribution in [0.4, 0.5) is 10.1 Å². The zero-order valence-corrected chi connectivity index (χ0v) is 12.8. The van der Waals surface area contributed by atoms with E-state index in [1.54, 1.807) is 12.2 Å². The zero-order chi connectivity index (χ0) is 14.2. The first-order valence-electron chi connectivity index (χ1n) is 5.75. The molecule has 0 fully saturated rings. The van der Waals surface area contributed by atoms with Crippen molar-refractivity contribution in [1.82, 2.24) is 0 Å². The summed E-state index contributed by atoms with van der Waals surface area (Å²) in [4.78, 5) is 1.83. The molecule has 0 aromatic heterocycles. The lowest BCUT2D eigenvalue weighted by Gasteiger charge is -2.25. The average molecular weight is 321 g/mol. The van der Waals surface area contributed by atoms with Gasteiger partial charge in [0.2, 0.25) is 0 Å². The largest absolute Gasteiger partial charge is 0.378 e.